The summed E-state index contributed by atoms with van der Waals surface area (Å²) in [5.41, 5.74) is 13.3. The maximum absolute atomic E-state index is 13.7. The number of halogens is 11. The van der Waals surface area contributed by atoms with Gasteiger partial charge in [-0.25, -0.2) is 16.8 Å². The number of carbonyl (C=O) groups is 1. The van der Waals surface area contributed by atoms with Gasteiger partial charge >= 0.3 is 18.5 Å². The molecule has 3 fully saturated rings. The summed E-state index contributed by atoms with van der Waals surface area (Å²) in [7, 11) is 0.948. The Morgan fingerprint density at radius 1 is 0.525 bits per heavy atom. The van der Waals surface area contributed by atoms with Gasteiger partial charge in [-0.05, 0) is 175 Å². The predicted octanol–water partition coefficient (Wildman–Crippen LogP) is 13.4. The number of terminal acetylenes is 1. The summed E-state index contributed by atoms with van der Waals surface area (Å²) < 4.78 is 194. The van der Waals surface area contributed by atoms with Gasteiger partial charge in [0, 0.05) is 163 Å². The minimum atomic E-state index is -4.45. The van der Waals surface area contributed by atoms with E-state index in [-0.39, 0.29) is 48.1 Å². The van der Waals surface area contributed by atoms with E-state index in [0.29, 0.717) is 127 Å². The highest BCUT2D eigenvalue weighted by atomic mass is 127. The molecule has 0 aliphatic carbocycles. The molecule has 0 amide bonds. The number of methoxy groups -OCH3 is 5. The largest absolute Gasteiger partial charge is 0.495 e. The van der Waals surface area contributed by atoms with Crippen LogP contribution < -0.4 is 36.5 Å². The van der Waals surface area contributed by atoms with Gasteiger partial charge in [0.15, 0.2) is 19.7 Å². The fourth-order valence-electron chi connectivity index (χ4n) is 14.3. The number of nitrogens with one attached hydrogen (secondary N) is 4. The second kappa shape index (κ2) is 46.3. The lowest BCUT2D eigenvalue weighted by Gasteiger charge is -2.34. The summed E-state index contributed by atoms with van der Waals surface area (Å²) in [6.45, 7) is 10.3. The molecule has 24 nitrogen and oxygen atoms in total. The van der Waals surface area contributed by atoms with Crippen molar-refractivity contribution in [2.45, 2.75) is 145 Å². The number of piperidine rings is 3. The third-order valence-corrected chi connectivity index (χ3v) is 24.8. The molecule has 5 aromatic carbocycles. The van der Waals surface area contributed by atoms with Crippen molar-refractivity contribution in [3.63, 3.8) is 0 Å². The van der Waals surface area contributed by atoms with Gasteiger partial charge in [-0.3, -0.25) is 9.69 Å². The number of aromatic nitrogens is 3. The first-order chi connectivity index (χ1) is 56.0. The molecule has 8 aromatic rings. The van der Waals surface area contributed by atoms with Crippen LogP contribution in [0.4, 0.5) is 68.0 Å². The molecule has 0 spiro atoms. The molecule has 3 saturated heterocycles. The van der Waals surface area contributed by atoms with Crippen LogP contribution >= 0.6 is 45.2 Å². The van der Waals surface area contributed by atoms with Crippen LogP contribution in [0.15, 0.2) is 101 Å². The first-order valence-corrected chi connectivity index (χ1v) is 44.0. The Bertz CT molecular complexity index is 5020. The molecule has 3 aliphatic rings. The molecule has 3 unspecified atom stereocenters. The fraction of sp³-hybridized carbons (Fsp3) is 0.506. The topological polar surface area (TPSA) is 291 Å². The van der Waals surface area contributed by atoms with Crippen molar-refractivity contribution in [3.8, 4) is 35.7 Å². The number of hydrogen-bond donors (Lipinski definition) is 8. The molecule has 3 atom stereocenters. The smallest absolute Gasteiger partial charge is 0.406 e. The first kappa shape index (κ1) is 101. The summed E-state index contributed by atoms with van der Waals surface area (Å²) in [4.78, 5) is 17.7. The number of aliphatic hydroxyl groups excluding tert-OH is 3. The Morgan fingerprint density at radius 3 is 1.27 bits per heavy atom. The Hall–Kier alpha value is -7.52. The van der Waals surface area contributed by atoms with E-state index in [1.807, 2.05) is 70.3 Å². The Labute approximate surface area is 723 Å². The number of sulfone groups is 2. The number of nitrogen functional groups attached to an aromatic ring is 1. The Balaban J connectivity index is 0.000000252. The van der Waals surface area contributed by atoms with Crippen molar-refractivity contribution >= 4 is 132 Å². The van der Waals surface area contributed by atoms with E-state index >= 15 is 0 Å². The number of aliphatic hydroxyl groups is 3. The van der Waals surface area contributed by atoms with Crippen molar-refractivity contribution < 1.29 is 100 Å². The number of alkyl halides is 9. The number of fused-ring (bicyclic) bond motifs is 3. The van der Waals surface area contributed by atoms with Crippen LogP contribution in [-0.2, 0) is 58.3 Å². The quantitative estimate of drug-likeness (QED) is 0.0103. The zero-order chi connectivity index (χ0) is 87.9. The molecule has 9 N–H and O–H groups in total. The van der Waals surface area contributed by atoms with Crippen molar-refractivity contribution in [1.29, 1.82) is 0 Å². The van der Waals surface area contributed by atoms with Gasteiger partial charge in [-0.15, -0.1) is 6.42 Å². The molecular weight excluding hydrogens is 1850 g/mol. The molecule has 664 valence electrons. The van der Waals surface area contributed by atoms with Crippen molar-refractivity contribution in [3.05, 3.63) is 121 Å². The lowest BCUT2D eigenvalue weighted by Crippen LogP contribution is -2.43. The lowest BCUT2D eigenvalue weighted by molar-refractivity contribution is -0.141. The predicted molar refractivity (Wildman–Crippen MR) is 470 cm³/mol. The minimum absolute atomic E-state index is 0. The summed E-state index contributed by atoms with van der Waals surface area (Å²) >= 11 is 3.92. The van der Waals surface area contributed by atoms with Crippen molar-refractivity contribution in [1.82, 2.24) is 28.4 Å². The normalized spacial score (nSPS) is 15.5. The Kier molecular flexibility index (Phi) is 39.1. The summed E-state index contributed by atoms with van der Waals surface area (Å²) in [6.07, 6.45) is -2.33. The van der Waals surface area contributed by atoms with Gasteiger partial charge in [0.25, 0.3) is 0 Å². The highest BCUT2D eigenvalue weighted by Gasteiger charge is 2.35. The highest BCUT2D eigenvalue weighted by Crippen LogP contribution is 2.39. The zero-order valence-electron chi connectivity index (χ0n) is 68.0. The lowest BCUT2D eigenvalue weighted by atomic mass is 10.0. The average Bonchev–Trinajstić information content (AvgIpc) is 1.63. The third-order valence-electron chi connectivity index (χ3n) is 19.8. The van der Waals surface area contributed by atoms with Gasteiger partial charge < -0.3 is 89.5 Å². The SMILES string of the molecule is C.C#CCNc1ccc(S(C)(=O)=O)cc1OC.COCC(O)CN1CCC(=O)CC1.COCC(O)CN1CCC(Nc2cccc3c2c(C)c(C#CCNc2ccc(S(C)(=O)=O)cc2OC)n3CC(F)(F)F)CC1.COCC(O)CN1CCC(Nc2cccc3c2c(C)c(I)n3CC(F)(F)F)CC1.Cc1c(I)n(CC(F)(F)F)c2cccc(N)c12. The molecule has 11 rings (SSSR count). The number of Topliss-reactive ketones (excluding diaryl/α,β-unsaturated/α-hetero) is 1. The number of nitrogens with zero attached hydrogens (tertiary/aromatic N) is 6. The van der Waals surface area contributed by atoms with E-state index in [2.05, 4.69) is 53.7 Å². The molecule has 120 heavy (non-hydrogen) atoms. The molecule has 6 heterocycles. The monoisotopic (exact) mass is 1960 g/mol. The molecule has 3 aliphatic heterocycles. The molecule has 0 saturated carbocycles. The van der Waals surface area contributed by atoms with Crippen LogP contribution in [0.2, 0.25) is 0 Å². The molecule has 0 bridgehead atoms. The molecule has 0 radical (unpaired) electrons. The minimum Gasteiger partial charge on any atom is -0.495 e. The number of aryl methyl sites for hydroxylation is 3. The number of benzene rings is 5. The number of ether oxygens (including phenoxy) is 5. The fourth-order valence-corrected chi connectivity index (χ4v) is 16.9. The summed E-state index contributed by atoms with van der Waals surface area (Å²) in [5.74, 6) is 9.40. The van der Waals surface area contributed by atoms with Crippen LogP contribution in [-0.4, -0.2) is 255 Å². The van der Waals surface area contributed by atoms with Gasteiger partial charge in [-0.2, -0.15) is 39.5 Å². The first-order valence-electron chi connectivity index (χ1n) is 38.0. The van der Waals surface area contributed by atoms with E-state index < -0.39 is 76.1 Å². The van der Waals surface area contributed by atoms with Crippen LogP contribution in [0.1, 0.15) is 68.3 Å². The second-order valence-electron chi connectivity index (χ2n) is 29.1. The van der Waals surface area contributed by atoms with Crippen molar-refractivity contribution in [2.24, 2.45) is 0 Å². The van der Waals surface area contributed by atoms with E-state index in [1.54, 1.807) is 83.7 Å². The zero-order valence-corrected chi connectivity index (χ0v) is 74.0. The van der Waals surface area contributed by atoms with Gasteiger partial charge in [0.05, 0.1) is 116 Å². The number of carbonyl (C=O) groups excluding carboxylic acids is 1. The van der Waals surface area contributed by atoms with Gasteiger partial charge in [0.2, 0.25) is 0 Å². The van der Waals surface area contributed by atoms with Gasteiger partial charge in [-0.1, -0.05) is 37.5 Å². The number of β-amino-alcohol motifs (C(OH)–C–C–N with tert-alkyl or cyclic N) is 3. The van der Waals surface area contributed by atoms with Gasteiger partial charge in [0.1, 0.15) is 36.9 Å². The maximum Gasteiger partial charge on any atom is 0.406 e. The molecular formula is C83H110F9I2N11O13S2. The Morgan fingerprint density at radius 2 is 0.883 bits per heavy atom. The number of hydrogen-bond acceptors (Lipinski definition) is 21. The molecule has 37 heteroatoms. The maximum atomic E-state index is 13.7. The standard InChI is InChI=1S/C31H39F3N4O5S.C20H27F3IN3O2.C11H10F3IN2.C11H13NO3S.C9H17NO3.CH4/c1-21-27(9-6-14-35-25-11-10-24(44(4,40)41)17-29(25)43-3)38(20-31(32,33)34)28-8-5-7-26(30(21)28)36-22-12-15-37(16-13-22)18-23(39)19-42-2;1-13-18-16(4-3-5-17(18)27(19(13)24)12-20(21,22)23)25-14-6-8-26(9-7-14)10-15(28)11-29-2;1-6-9-7(16)3-2-4-8(9)17(10(6)15)5-11(12,13)14;1-4-7-12-10-6-5-9(16(3,13)14)8-11(10)15-2;1-13-7-9(12)6-10-4-2-8(11)3-5-10;/h5,7-8,10-11,17,22-23,35-36,39H,12-16,18-20H2,1-4H3;3-5,14-15,25,28H,6-12H2,1-2H3;2-4H,5,16H2,1H3;1,5-6,8,12H,7H2,2-3H3;9,12H,2-7H2,1H3;1H4. The number of likely N-dealkylation sites (tertiary alicyclic amines) is 3. The van der Waals surface area contributed by atoms with Crippen LogP contribution in [0, 0.1) is 52.4 Å². The number of ketones is 1. The summed E-state index contributed by atoms with van der Waals surface area (Å²) in [6, 6.07) is 25.2. The number of nitrogens with two attached hydrogens (primary N) is 1. The van der Waals surface area contributed by atoms with E-state index in [9.17, 15) is 76.5 Å². The number of rotatable bonds is 27. The third kappa shape index (κ3) is 30.2. The average molecular weight is 1960 g/mol. The van der Waals surface area contributed by atoms with Crippen molar-refractivity contribution in [2.75, 3.05) is 167 Å². The van der Waals surface area contributed by atoms with E-state index in [0.717, 1.165) is 105 Å². The summed E-state index contributed by atoms with van der Waals surface area (Å²) in [5, 5.41) is 44.7. The van der Waals surface area contributed by atoms with E-state index in [4.69, 9.17) is 35.8 Å². The highest BCUT2D eigenvalue weighted by molar-refractivity contribution is 14.1. The van der Waals surface area contributed by atoms with E-state index in [1.165, 1.54) is 52.2 Å². The van der Waals surface area contributed by atoms with Crippen LogP contribution in [0.25, 0.3) is 32.7 Å². The molecule has 3 aromatic heterocycles. The number of anilines is 5. The van der Waals surface area contributed by atoms with Crippen LogP contribution in [0.5, 0.6) is 11.5 Å². The second-order valence-corrected chi connectivity index (χ2v) is 35.2. The van der Waals surface area contributed by atoms with Crippen LogP contribution in [0.3, 0.4) is 0 Å².